The van der Waals surface area contributed by atoms with Crippen molar-refractivity contribution in [1.82, 2.24) is 16.0 Å². The summed E-state index contributed by atoms with van der Waals surface area (Å²) in [5, 5.41) is 15.9. The Bertz CT molecular complexity index is 1440. The molecule has 0 aromatic rings. The van der Waals surface area contributed by atoms with E-state index < -0.39 is 0 Å². The van der Waals surface area contributed by atoms with Crippen molar-refractivity contribution in [3.63, 3.8) is 0 Å². The number of nitrogens with two attached hydrogens (primary N) is 1. The van der Waals surface area contributed by atoms with Gasteiger partial charge in [0.1, 0.15) is 12.3 Å². The van der Waals surface area contributed by atoms with Crippen molar-refractivity contribution in [3.8, 4) is 0 Å². The van der Waals surface area contributed by atoms with E-state index in [1.807, 2.05) is 0 Å². The fourth-order valence-electron chi connectivity index (χ4n) is 16.3. The number of hydrogen-bond acceptors (Lipinski definition) is 5. The first-order chi connectivity index (χ1) is 28.2. The van der Waals surface area contributed by atoms with Gasteiger partial charge in [-0.25, -0.2) is 0 Å². The lowest BCUT2D eigenvalue weighted by atomic mass is 9.67. The third kappa shape index (κ3) is 7.99. The summed E-state index contributed by atoms with van der Waals surface area (Å²) in [6.45, 7) is 0. The van der Waals surface area contributed by atoms with Crippen LogP contribution in [0.15, 0.2) is 36.5 Å². The first-order valence-corrected chi connectivity index (χ1v) is 25.7. The molecule has 19 unspecified atom stereocenters. The lowest BCUT2D eigenvalue weighted by molar-refractivity contribution is -0.756. The van der Waals surface area contributed by atoms with Crippen molar-refractivity contribution in [1.29, 1.82) is 0 Å². The van der Waals surface area contributed by atoms with E-state index in [0.717, 1.165) is 35.5 Å². The molecular formula is C51H81N4O2+. The van der Waals surface area contributed by atoms with Gasteiger partial charge in [0.2, 0.25) is 0 Å². The molecule has 0 aromatic carbocycles. The van der Waals surface area contributed by atoms with Crippen LogP contribution in [0.1, 0.15) is 161 Å². The largest absolute Gasteiger partial charge is 0.373 e. The van der Waals surface area contributed by atoms with Gasteiger partial charge in [0, 0.05) is 23.9 Å². The molecule has 0 bridgehead atoms. The molecule has 57 heavy (non-hydrogen) atoms. The molecule has 316 valence electrons. The Morgan fingerprint density at radius 1 is 0.491 bits per heavy atom. The molecule has 8 fully saturated rings. The van der Waals surface area contributed by atoms with Gasteiger partial charge < -0.3 is 20.1 Å². The third-order valence-electron chi connectivity index (χ3n) is 19.2. The van der Waals surface area contributed by atoms with Gasteiger partial charge in [0.25, 0.3) is 0 Å². The van der Waals surface area contributed by atoms with E-state index in [9.17, 15) is 0 Å². The number of rotatable bonds is 7. The van der Waals surface area contributed by atoms with Gasteiger partial charge in [-0.2, -0.15) is 0 Å². The van der Waals surface area contributed by atoms with Gasteiger partial charge in [-0.15, -0.1) is 0 Å². The zero-order chi connectivity index (χ0) is 37.7. The monoisotopic (exact) mass is 782 g/mol. The predicted octanol–water partition coefficient (Wildman–Crippen LogP) is 8.89. The molecule has 3 heterocycles. The number of fused-ring (bicyclic) bond motifs is 6. The van der Waals surface area contributed by atoms with Crippen LogP contribution in [0.5, 0.6) is 0 Å². The maximum absolute atomic E-state index is 7.52. The maximum Gasteiger partial charge on any atom is 0.147 e. The number of allylic oxidation sites excluding steroid dienone is 3. The summed E-state index contributed by atoms with van der Waals surface area (Å²) in [6, 6.07) is 1.26. The molecule has 0 amide bonds. The summed E-state index contributed by atoms with van der Waals surface area (Å²) >= 11 is 0. The molecule has 0 radical (unpaired) electrons. The molecule has 0 spiro atoms. The maximum atomic E-state index is 7.52. The summed E-state index contributed by atoms with van der Waals surface area (Å²) < 4.78 is 14.4. The molecule has 0 aromatic heterocycles. The molecular weight excluding hydrogens is 701 g/mol. The van der Waals surface area contributed by atoms with E-state index in [4.69, 9.17) is 9.47 Å². The molecule has 5 saturated carbocycles. The second-order valence-corrected chi connectivity index (χ2v) is 22.1. The van der Waals surface area contributed by atoms with Crippen LogP contribution in [-0.4, -0.2) is 55.0 Å². The van der Waals surface area contributed by atoms with Crippen molar-refractivity contribution in [3.05, 3.63) is 36.5 Å². The molecule has 11 rings (SSSR count). The molecule has 6 heteroatoms. The first-order valence-electron chi connectivity index (χ1n) is 25.7. The van der Waals surface area contributed by atoms with Gasteiger partial charge >= 0.3 is 0 Å². The number of ether oxygens (including phenoxy) is 2. The first kappa shape index (κ1) is 38.9. The minimum absolute atomic E-state index is 0.391. The lowest BCUT2D eigenvalue weighted by Gasteiger charge is -2.49. The second-order valence-electron chi connectivity index (χ2n) is 22.1. The van der Waals surface area contributed by atoms with Crippen molar-refractivity contribution >= 4 is 0 Å². The van der Waals surface area contributed by atoms with Crippen LogP contribution in [-0.2, 0) is 9.47 Å². The highest BCUT2D eigenvalue weighted by Gasteiger charge is 2.56. The Morgan fingerprint density at radius 3 is 2.23 bits per heavy atom. The van der Waals surface area contributed by atoms with Crippen LogP contribution in [0.2, 0.25) is 0 Å². The summed E-state index contributed by atoms with van der Waals surface area (Å²) in [5.41, 5.74) is 0. The van der Waals surface area contributed by atoms with E-state index in [0.29, 0.717) is 84.6 Å². The van der Waals surface area contributed by atoms with E-state index in [1.165, 1.54) is 161 Å². The molecule has 6 nitrogen and oxygen atoms in total. The molecule has 19 atom stereocenters. The highest BCUT2D eigenvalue weighted by molar-refractivity contribution is 5.14. The van der Waals surface area contributed by atoms with Crippen LogP contribution in [0.4, 0.5) is 0 Å². The average Bonchev–Trinajstić information content (AvgIpc) is 3.85. The fraction of sp³-hybridized carbons (Fsp3) is 0.882. The lowest BCUT2D eigenvalue weighted by Crippen LogP contribution is -3.07. The van der Waals surface area contributed by atoms with Crippen LogP contribution in [0, 0.1) is 65.1 Å². The predicted molar refractivity (Wildman–Crippen MR) is 229 cm³/mol. The molecule has 3 saturated heterocycles. The number of nitrogens with one attached hydrogen (secondary N) is 3. The topological polar surface area (TPSA) is 71.2 Å². The third-order valence-corrected chi connectivity index (χ3v) is 19.2. The van der Waals surface area contributed by atoms with Crippen molar-refractivity contribution in [2.45, 2.75) is 216 Å². The Morgan fingerprint density at radius 2 is 1.30 bits per heavy atom. The Hall–Kier alpha value is -1.02. The molecule has 11 aliphatic rings. The fourth-order valence-corrected chi connectivity index (χ4v) is 16.3. The summed E-state index contributed by atoms with van der Waals surface area (Å²) in [7, 11) is 0. The Labute approximate surface area is 346 Å². The van der Waals surface area contributed by atoms with E-state index in [2.05, 4.69) is 57.7 Å². The minimum atomic E-state index is 0.391. The average molecular weight is 782 g/mol. The number of quaternary nitrogens is 1. The van der Waals surface area contributed by atoms with Crippen LogP contribution in [0.25, 0.3) is 0 Å². The summed E-state index contributed by atoms with van der Waals surface area (Å²) in [5.74, 6) is 8.31. The minimum Gasteiger partial charge on any atom is -0.373 e. The molecule has 5 N–H and O–H groups in total. The van der Waals surface area contributed by atoms with Crippen molar-refractivity contribution < 1.29 is 14.8 Å². The highest BCUT2D eigenvalue weighted by Crippen LogP contribution is 2.52. The van der Waals surface area contributed by atoms with Crippen LogP contribution >= 0.6 is 0 Å². The van der Waals surface area contributed by atoms with Crippen LogP contribution in [0.3, 0.4) is 0 Å². The summed E-state index contributed by atoms with van der Waals surface area (Å²) in [6.07, 6.45) is 52.8. The van der Waals surface area contributed by atoms with Gasteiger partial charge in [-0.1, -0.05) is 101 Å². The molecule has 3 aliphatic heterocycles. The van der Waals surface area contributed by atoms with E-state index in [-0.39, 0.29) is 0 Å². The van der Waals surface area contributed by atoms with Gasteiger partial charge in [0.15, 0.2) is 0 Å². The second kappa shape index (κ2) is 17.4. The normalized spacial score (nSPS) is 51.5. The zero-order valence-electron chi connectivity index (χ0n) is 35.6. The zero-order valence-corrected chi connectivity index (χ0v) is 35.6. The SMILES string of the molecule is C1=CC(NC2CCCCC2C2C=CC3C(C2)OC2C(C4NC(C5CCCC(C6CCCCC6)C5)NC(C5CCC6C(C5)OC5C=CCCC56)[NH2+]4)CCCC32)CCC1. The number of hydrogen-bond donors (Lipinski definition) is 4. The van der Waals surface area contributed by atoms with Crippen molar-refractivity contribution in [2.24, 2.45) is 65.1 Å². The van der Waals surface area contributed by atoms with Crippen molar-refractivity contribution in [2.75, 3.05) is 0 Å². The Kier molecular flexibility index (Phi) is 11.9. The van der Waals surface area contributed by atoms with E-state index in [1.54, 1.807) is 0 Å². The molecule has 8 aliphatic carbocycles. The smallest absolute Gasteiger partial charge is 0.147 e. The standard InChI is InChI=1S/C51H80N4O2/c1-3-13-32(14-4-1)33-15-11-16-35(29-33)49-53-50(36-26-28-40-39-20-8-10-24-45(39)56-46(40)31-36)55-51(54-49)43-22-12-21-42-41-27-25-34(30-47(41)57-48(42)43)38-19-7-9-23-44(38)52-37-17-5-2-6-18-37/h5,10,17,24-25,27,32-55H,1-4,6-9,11-16,18-23,26,28-31H2/p+1. The van der Waals surface area contributed by atoms with Gasteiger partial charge in [-0.05, 0) is 144 Å². The Balaban J connectivity index is 0.801. The van der Waals surface area contributed by atoms with Gasteiger partial charge in [-0.3, -0.25) is 10.6 Å². The summed E-state index contributed by atoms with van der Waals surface area (Å²) in [4.78, 5) is 0. The quantitative estimate of drug-likeness (QED) is 0.195. The van der Waals surface area contributed by atoms with E-state index >= 15 is 0 Å². The highest BCUT2D eigenvalue weighted by atomic mass is 16.5. The van der Waals surface area contributed by atoms with Crippen LogP contribution < -0.4 is 21.3 Å². The van der Waals surface area contributed by atoms with Gasteiger partial charge in [0.05, 0.1) is 36.5 Å².